The first-order valence-electron chi connectivity index (χ1n) is 3.90. The van der Waals surface area contributed by atoms with E-state index in [1.165, 1.54) is 12.1 Å². The first-order chi connectivity index (χ1) is 6.83. The minimum atomic E-state index is -3.57. The Morgan fingerprint density at radius 1 is 1.67 bits per heavy atom. The number of halogens is 1. The highest BCUT2D eigenvalue weighted by Crippen LogP contribution is 2.25. The second-order valence-electron chi connectivity index (χ2n) is 2.80. The molecule has 0 spiro atoms. The average Bonchev–Trinajstić information content (AvgIpc) is 2.51. The largest absolute Gasteiger partial charge is 0.392 e. The lowest BCUT2D eigenvalue weighted by atomic mass is 10.4. The molecule has 1 aromatic heterocycles. The fraction of sp³-hybridized carbons (Fsp3) is 0.286. The topological polar surface area (TPSA) is 72.2 Å². The van der Waals surface area contributed by atoms with Crippen LogP contribution in [0.3, 0.4) is 0 Å². The SMILES string of the molecule is CC(NS(=O)(=O)c1ccc(Cl)s1)C(N)=S. The smallest absolute Gasteiger partial charge is 0.250 e. The van der Waals surface area contributed by atoms with Crippen molar-refractivity contribution in [2.24, 2.45) is 5.73 Å². The van der Waals surface area contributed by atoms with Gasteiger partial charge in [-0.1, -0.05) is 23.8 Å². The summed E-state index contributed by atoms with van der Waals surface area (Å²) in [5, 5.41) is 0. The van der Waals surface area contributed by atoms with E-state index < -0.39 is 16.1 Å². The molecular formula is C7H9ClN2O2S3. The van der Waals surface area contributed by atoms with Crippen molar-refractivity contribution in [2.75, 3.05) is 0 Å². The van der Waals surface area contributed by atoms with E-state index in [1.54, 1.807) is 6.92 Å². The van der Waals surface area contributed by atoms with Crippen LogP contribution in [-0.2, 0) is 10.0 Å². The number of thiophene rings is 1. The molecule has 1 unspecified atom stereocenters. The summed E-state index contributed by atoms with van der Waals surface area (Å²) in [6.07, 6.45) is 0. The molecule has 0 fully saturated rings. The lowest BCUT2D eigenvalue weighted by Crippen LogP contribution is -2.40. The first kappa shape index (κ1) is 12.9. The van der Waals surface area contributed by atoms with Crippen molar-refractivity contribution in [3.63, 3.8) is 0 Å². The average molecular weight is 285 g/mol. The Kier molecular flexibility index (Phi) is 4.07. The number of sulfonamides is 1. The fourth-order valence-electron chi connectivity index (χ4n) is 0.791. The molecule has 3 N–H and O–H groups in total. The Morgan fingerprint density at radius 2 is 2.27 bits per heavy atom. The molecule has 84 valence electrons. The normalized spacial score (nSPS) is 13.7. The minimum Gasteiger partial charge on any atom is -0.392 e. The lowest BCUT2D eigenvalue weighted by molar-refractivity contribution is 0.581. The molecule has 15 heavy (non-hydrogen) atoms. The third-order valence-corrected chi connectivity index (χ3v) is 5.19. The summed E-state index contributed by atoms with van der Waals surface area (Å²) >= 11 is 11.3. The zero-order valence-corrected chi connectivity index (χ0v) is 10.9. The van der Waals surface area contributed by atoms with E-state index in [1.807, 2.05) is 0 Å². The Bertz CT molecular complexity index is 468. The summed E-state index contributed by atoms with van der Waals surface area (Å²) < 4.78 is 26.3. The van der Waals surface area contributed by atoms with Crippen molar-refractivity contribution < 1.29 is 8.42 Å². The van der Waals surface area contributed by atoms with E-state index >= 15 is 0 Å². The fourth-order valence-corrected chi connectivity index (χ4v) is 3.65. The van der Waals surface area contributed by atoms with E-state index in [0.29, 0.717) is 4.34 Å². The Hall–Kier alpha value is -0.210. The number of rotatable bonds is 4. The highest BCUT2D eigenvalue weighted by atomic mass is 35.5. The first-order valence-corrected chi connectivity index (χ1v) is 6.98. The van der Waals surface area contributed by atoms with Gasteiger partial charge in [-0.05, 0) is 19.1 Å². The molecule has 8 heteroatoms. The van der Waals surface area contributed by atoms with Crippen molar-refractivity contribution in [1.82, 2.24) is 4.72 Å². The minimum absolute atomic E-state index is 0.0984. The van der Waals surface area contributed by atoms with Gasteiger partial charge in [0, 0.05) is 0 Å². The van der Waals surface area contributed by atoms with Crippen LogP contribution in [0.2, 0.25) is 4.34 Å². The third kappa shape index (κ3) is 3.39. The monoisotopic (exact) mass is 284 g/mol. The predicted octanol–water partition coefficient (Wildman–Crippen LogP) is 1.35. The Balaban J connectivity index is 2.90. The third-order valence-electron chi connectivity index (χ3n) is 1.57. The standard InChI is InChI=1S/C7H9ClN2O2S3/c1-4(7(9)13)10-15(11,12)6-3-2-5(8)14-6/h2-4,10H,1H3,(H2,9,13). The summed E-state index contributed by atoms with van der Waals surface area (Å²) in [5.74, 6) is 0. The van der Waals surface area contributed by atoms with Gasteiger partial charge in [0.15, 0.2) is 0 Å². The highest BCUT2D eigenvalue weighted by molar-refractivity contribution is 7.91. The highest BCUT2D eigenvalue weighted by Gasteiger charge is 2.20. The van der Waals surface area contributed by atoms with Crippen molar-refractivity contribution in [3.8, 4) is 0 Å². The molecule has 0 radical (unpaired) electrons. The second kappa shape index (κ2) is 4.75. The summed E-state index contributed by atoms with van der Waals surface area (Å²) in [5.41, 5.74) is 5.31. The molecule has 1 aromatic rings. The Labute approximate surface area is 102 Å². The quantitative estimate of drug-likeness (QED) is 0.819. The number of nitrogens with one attached hydrogen (secondary N) is 1. The molecule has 0 bridgehead atoms. The van der Waals surface area contributed by atoms with Crippen LogP contribution in [0.5, 0.6) is 0 Å². The van der Waals surface area contributed by atoms with Crippen LogP contribution >= 0.6 is 35.2 Å². The molecule has 4 nitrogen and oxygen atoms in total. The lowest BCUT2D eigenvalue weighted by Gasteiger charge is -2.10. The maximum absolute atomic E-state index is 11.7. The molecule has 0 saturated heterocycles. The number of hydrogen-bond acceptors (Lipinski definition) is 4. The summed E-state index contributed by atoms with van der Waals surface area (Å²) in [7, 11) is -3.57. The van der Waals surface area contributed by atoms with Crippen LogP contribution in [-0.4, -0.2) is 19.4 Å². The van der Waals surface area contributed by atoms with Crippen molar-refractivity contribution >= 4 is 50.2 Å². The predicted molar refractivity (Wildman–Crippen MR) is 65.9 cm³/mol. The van der Waals surface area contributed by atoms with Crippen LogP contribution < -0.4 is 10.5 Å². The van der Waals surface area contributed by atoms with Gasteiger partial charge in [-0.15, -0.1) is 11.3 Å². The number of hydrogen-bond donors (Lipinski definition) is 2. The summed E-state index contributed by atoms with van der Waals surface area (Å²) in [6, 6.07) is 2.37. The van der Waals surface area contributed by atoms with Gasteiger partial charge >= 0.3 is 0 Å². The van der Waals surface area contributed by atoms with Gasteiger partial charge in [0.05, 0.1) is 15.4 Å². The van der Waals surface area contributed by atoms with Crippen LogP contribution in [0.15, 0.2) is 16.3 Å². The number of thiocarbonyl (C=S) groups is 1. The summed E-state index contributed by atoms with van der Waals surface area (Å²) in [4.78, 5) is 0.0984. The van der Waals surface area contributed by atoms with Crippen LogP contribution in [0.25, 0.3) is 0 Å². The zero-order chi connectivity index (χ0) is 11.6. The molecule has 1 atom stereocenters. The van der Waals surface area contributed by atoms with Gasteiger partial charge < -0.3 is 5.73 Å². The molecule has 0 aliphatic heterocycles. The van der Waals surface area contributed by atoms with Crippen molar-refractivity contribution in [3.05, 3.63) is 16.5 Å². The van der Waals surface area contributed by atoms with E-state index in [0.717, 1.165) is 11.3 Å². The van der Waals surface area contributed by atoms with Crippen LogP contribution in [0.4, 0.5) is 0 Å². The molecule has 0 aromatic carbocycles. The Morgan fingerprint density at radius 3 is 2.67 bits per heavy atom. The van der Waals surface area contributed by atoms with E-state index in [2.05, 4.69) is 16.9 Å². The summed E-state index contributed by atoms with van der Waals surface area (Å²) in [6.45, 7) is 1.58. The molecule has 0 saturated carbocycles. The molecular weight excluding hydrogens is 276 g/mol. The zero-order valence-electron chi connectivity index (χ0n) is 7.73. The van der Waals surface area contributed by atoms with Gasteiger partial charge in [-0.3, -0.25) is 0 Å². The second-order valence-corrected chi connectivity index (χ2v) is 6.93. The molecule has 0 amide bonds. The van der Waals surface area contributed by atoms with Gasteiger partial charge in [0.25, 0.3) is 10.0 Å². The van der Waals surface area contributed by atoms with E-state index in [4.69, 9.17) is 17.3 Å². The molecule has 0 aliphatic carbocycles. The van der Waals surface area contributed by atoms with Crippen LogP contribution in [0.1, 0.15) is 6.92 Å². The van der Waals surface area contributed by atoms with Gasteiger partial charge in [0.1, 0.15) is 4.21 Å². The van der Waals surface area contributed by atoms with Crippen molar-refractivity contribution in [2.45, 2.75) is 17.2 Å². The number of nitrogens with two attached hydrogens (primary N) is 1. The van der Waals surface area contributed by atoms with E-state index in [-0.39, 0.29) is 9.20 Å². The van der Waals surface area contributed by atoms with E-state index in [9.17, 15) is 8.42 Å². The van der Waals surface area contributed by atoms with Crippen LogP contribution in [0, 0.1) is 0 Å². The maximum Gasteiger partial charge on any atom is 0.250 e. The maximum atomic E-state index is 11.7. The van der Waals surface area contributed by atoms with Gasteiger partial charge in [-0.25, -0.2) is 13.1 Å². The van der Waals surface area contributed by atoms with Gasteiger partial charge in [-0.2, -0.15) is 0 Å². The molecule has 1 rings (SSSR count). The molecule has 0 aliphatic rings. The van der Waals surface area contributed by atoms with Gasteiger partial charge in [0.2, 0.25) is 0 Å². The van der Waals surface area contributed by atoms with Crippen molar-refractivity contribution in [1.29, 1.82) is 0 Å². The molecule has 1 heterocycles.